The summed E-state index contributed by atoms with van der Waals surface area (Å²) in [6.45, 7) is -1.30. The highest BCUT2D eigenvalue weighted by Gasteiger charge is 2.47. The van der Waals surface area contributed by atoms with Gasteiger partial charge >= 0.3 is 0 Å². The zero-order valence-electron chi connectivity index (χ0n) is 21.6. The van der Waals surface area contributed by atoms with Gasteiger partial charge < -0.3 is 74.7 Å². The van der Waals surface area contributed by atoms with E-state index in [1.54, 1.807) is 0 Å². The Kier molecular flexibility index (Phi) is 8.35. The summed E-state index contributed by atoms with van der Waals surface area (Å²) in [5.74, 6) is -4.98. The molecule has 2 aromatic rings. The summed E-state index contributed by atoms with van der Waals surface area (Å²) < 4.78 is 27.5. The minimum atomic E-state index is -1.96. The minimum absolute atomic E-state index is 0.0604. The molecular weight excluding hydrogens is 568 g/mol. The number of aromatic hydroxyl groups is 3. The molecule has 0 aliphatic carbocycles. The standard InChI is InChI=1S/C26H30O16/c27-6-13-16(32)18(34)20(36)26(40-13)42-24-21(37)23(41-25-19(35)15(31)11(30)7-38-25)17(33)14-10(29)5-12(39-22(14)24)8-1-3-9(28)4-2-8/h1-4,11-13,15-16,18-20,25-28,30-37H,5-7H2/t11-,12?,13-,15-,16-,18+,19+,20-,25?,26?/m1/s1. The van der Waals surface area contributed by atoms with Crippen molar-refractivity contribution in [1.82, 2.24) is 0 Å². The molecule has 230 valence electrons. The lowest BCUT2D eigenvalue weighted by Crippen LogP contribution is -2.60. The van der Waals surface area contributed by atoms with E-state index in [9.17, 15) is 55.9 Å². The zero-order valence-corrected chi connectivity index (χ0v) is 21.6. The van der Waals surface area contributed by atoms with E-state index in [2.05, 4.69) is 0 Å². The first kappa shape index (κ1) is 30.0. The van der Waals surface area contributed by atoms with Gasteiger partial charge in [-0.15, -0.1) is 0 Å². The highest BCUT2D eigenvalue weighted by molar-refractivity contribution is 6.05. The van der Waals surface area contributed by atoms with Crippen LogP contribution >= 0.6 is 0 Å². The van der Waals surface area contributed by atoms with E-state index in [0.717, 1.165) is 0 Å². The van der Waals surface area contributed by atoms with Crippen molar-refractivity contribution in [3.63, 3.8) is 0 Å². The molecule has 3 aliphatic heterocycles. The molecule has 10 atom stereocenters. The van der Waals surface area contributed by atoms with Crippen LogP contribution in [0.15, 0.2) is 24.3 Å². The lowest BCUT2D eigenvalue weighted by molar-refractivity contribution is -0.278. The van der Waals surface area contributed by atoms with E-state index in [1.807, 2.05) is 0 Å². The molecule has 0 spiro atoms. The highest BCUT2D eigenvalue weighted by atomic mass is 16.7. The number of ether oxygens (including phenoxy) is 5. The van der Waals surface area contributed by atoms with Crippen LogP contribution in [-0.2, 0) is 9.47 Å². The monoisotopic (exact) mass is 598 g/mol. The van der Waals surface area contributed by atoms with Crippen LogP contribution in [0.3, 0.4) is 0 Å². The smallest absolute Gasteiger partial charge is 0.229 e. The fraction of sp³-hybridized carbons (Fsp3) is 0.500. The second-order valence-corrected chi connectivity index (χ2v) is 10.1. The lowest BCUT2D eigenvalue weighted by Gasteiger charge is -2.40. The fourth-order valence-electron chi connectivity index (χ4n) is 4.86. The molecule has 0 aromatic heterocycles. The molecule has 0 amide bonds. The summed E-state index contributed by atoms with van der Waals surface area (Å²) in [6, 6.07) is 5.62. The van der Waals surface area contributed by atoms with Crippen molar-refractivity contribution >= 4 is 5.78 Å². The molecule has 3 unspecified atom stereocenters. The van der Waals surface area contributed by atoms with E-state index in [-0.39, 0.29) is 12.2 Å². The number of rotatable bonds is 6. The molecule has 2 saturated heterocycles. The largest absolute Gasteiger partial charge is 0.508 e. The Hall–Kier alpha value is -3.45. The van der Waals surface area contributed by atoms with Gasteiger partial charge in [-0.05, 0) is 17.7 Å². The Morgan fingerprint density at radius 3 is 2.10 bits per heavy atom. The summed E-state index contributed by atoms with van der Waals surface area (Å²) in [5.41, 5.74) is -0.139. The molecule has 16 heteroatoms. The maximum absolute atomic E-state index is 13.4. The number of phenolic OH excluding ortho intramolecular Hbond substituents is 3. The molecule has 10 N–H and O–H groups in total. The second kappa shape index (κ2) is 11.7. The van der Waals surface area contributed by atoms with Gasteiger partial charge in [-0.2, -0.15) is 0 Å². The van der Waals surface area contributed by atoms with Gasteiger partial charge in [0.25, 0.3) is 0 Å². The first-order valence-corrected chi connectivity index (χ1v) is 12.8. The van der Waals surface area contributed by atoms with Crippen molar-refractivity contribution in [2.45, 2.75) is 67.8 Å². The van der Waals surface area contributed by atoms with Crippen LogP contribution in [0.5, 0.6) is 34.5 Å². The number of hydrogen-bond donors (Lipinski definition) is 10. The topological polar surface area (TPSA) is 266 Å². The first-order valence-electron chi connectivity index (χ1n) is 12.8. The number of hydrogen-bond acceptors (Lipinski definition) is 16. The predicted molar refractivity (Wildman–Crippen MR) is 133 cm³/mol. The molecule has 5 rings (SSSR count). The van der Waals surface area contributed by atoms with Crippen molar-refractivity contribution in [3.8, 4) is 34.5 Å². The molecule has 0 saturated carbocycles. The number of carbonyl (C=O) groups excluding carboxylic acids is 1. The number of Topliss-reactive ketones (excluding diaryl/α,β-unsaturated/α-hetero) is 1. The van der Waals surface area contributed by atoms with Crippen molar-refractivity contribution in [3.05, 3.63) is 35.4 Å². The fourth-order valence-corrected chi connectivity index (χ4v) is 4.86. The molecule has 16 nitrogen and oxygen atoms in total. The third-order valence-corrected chi connectivity index (χ3v) is 7.26. The van der Waals surface area contributed by atoms with Crippen LogP contribution in [0.2, 0.25) is 0 Å². The first-order chi connectivity index (χ1) is 19.9. The summed E-state index contributed by atoms with van der Waals surface area (Å²) in [4.78, 5) is 13.4. The molecular formula is C26H30O16. The van der Waals surface area contributed by atoms with Crippen LogP contribution in [0.1, 0.15) is 28.4 Å². The molecule has 2 fully saturated rings. The molecule has 0 bridgehead atoms. The van der Waals surface area contributed by atoms with E-state index in [0.29, 0.717) is 5.56 Å². The van der Waals surface area contributed by atoms with E-state index in [1.165, 1.54) is 24.3 Å². The number of ketones is 1. The van der Waals surface area contributed by atoms with Crippen molar-refractivity contribution in [2.24, 2.45) is 0 Å². The van der Waals surface area contributed by atoms with Crippen LogP contribution in [0.25, 0.3) is 0 Å². The molecule has 3 heterocycles. The Labute approximate surface area is 236 Å². The minimum Gasteiger partial charge on any atom is -0.508 e. The number of benzene rings is 2. The average Bonchev–Trinajstić information content (AvgIpc) is 2.97. The molecule has 42 heavy (non-hydrogen) atoms. The SMILES string of the molecule is O=C1CC(c2ccc(O)cc2)Oc2c(OC3O[C@H](CO)[C@@H](O)[C@H](O)[C@H]3O)c(O)c(OC3OC[C@@H](O)[C@@H](O)[C@@H]3O)c(O)c21. The second-order valence-electron chi connectivity index (χ2n) is 10.1. The summed E-state index contributed by atoms with van der Waals surface area (Å²) in [6.07, 6.45) is -17.1. The summed E-state index contributed by atoms with van der Waals surface area (Å²) in [5, 5.41) is 102. The number of phenols is 3. The van der Waals surface area contributed by atoms with Gasteiger partial charge in [-0.3, -0.25) is 4.79 Å². The normalized spacial score (nSPS) is 34.8. The third kappa shape index (κ3) is 5.28. The number of carbonyl (C=O) groups is 1. The Morgan fingerprint density at radius 1 is 0.786 bits per heavy atom. The van der Waals surface area contributed by atoms with Crippen LogP contribution < -0.4 is 14.2 Å². The van der Waals surface area contributed by atoms with Crippen LogP contribution in [-0.4, -0.2) is 125 Å². The number of aliphatic hydroxyl groups excluding tert-OH is 7. The van der Waals surface area contributed by atoms with E-state index < -0.39 is 115 Å². The van der Waals surface area contributed by atoms with Crippen molar-refractivity contribution in [1.29, 1.82) is 0 Å². The Balaban J connectivity index is 1.58. The predicted octanol–water partition coefficient (Wildman–Crippen LogP) is -2.49. The Bertz CT molecular complexity index is 1300. The van der Waals surface area contributed by atoms with Crippen molar-refractivity contribution < 1.29 is 79.5 Å². The Morgan fingerprint density at radius 2 is 1.43 bits per heavy atom. The highest BCUT2D eigenvalue weighted by Crippen LogP contribution is 2.57. The van der Waals surface area contributed by atoms with Crippen molar-refractivity contribution in [2.75, 3.05) is 13.2 Å². The molecule has 2 aromatic carbocycles. The molecule has 0 radical (unpaired) electrons. The van der Waals surface area contributed by atoms with Gasteiger partial charge in [-0.25, -0.2) is 0 Å². The van der Waals surface area contributed by atoms with E-state index >= 15 is 0 Å². The summed E-state index contributed by atoms with van der Waals surface area (Å²) >= 11 is 0. The number of fused-ring (bicyclic) bond motifs is 1. The van der Waals surface area contributed by atoms with E-state index in [4.69, 9.17) is 23.7 Å². The van der Waals surface area contributed by atoms with Gasteiger partial charge in [0.05, 0.1) is 19.6 Å². The van der Waals surface area contributed by atoms with Crippen LogP contribution in [0, 0.1) is 0 Å². The third-order valence-electron chi connectivity index (χ3n) is 7.26. The summed E-state index contributed by atoms with van der Waals surface area (Å²) in [7, 11) is 0. The van der Waals surface area contributed by atoms with Gasteiger partial charge in [-0.1, -0.05) is 12.1 Å². The maximum Gasteiger partial charge on any atom is 0.229 e. The van der Waals surface area contributed by atoms with Gasteiger partial charge in [0.15, 0.2) is 17.3 Å². The zero-order chi connectivity index (χ0) is 30.5. The molecule has 3 aliphatic rings. The van der Waals surface area contributed by atoms with Gasteiger partial charge in [0, 0.05) is 0 Å². The average molecular weight is 599 g/mol. The lowest BCUT2D eigenvalue weighted by atomic mass is 9.94. The quantitative estimate of drug-likeness (QED) is 0.165. The van der Waals surface area contributed by atoms with Gasteiger partial charge in [0.2, 0.25) is 29.8 Å². The number of aliphatic hydroxyl groups is 7. The van der Waals surface area contributed by atoms with Gasteiger partial charge in [0.1, 0.15) is 60.1 Å². The maximum atomic E-state index is 13.4. The van der Waals surface area contributed by atoms with Crippen LogP contribution in [0.4, 0.5) is 0 Å².